The van der Waals surface area contributed by atoms with Crippen LogP contribution in [-0.2, 0) is 4.79 Å². The molecular formula is C15H17NO3. The molecule has 1 N–H and O–H groups in total. The summed E-state index contributed by atoms with van der Waals surface area (Å²) in [5, 5.41) is 2.66. The molecule has 0 fully saturated rings. The van der Waals surface area contributed by atoms with Gasteiger partial charge in [0.2, 0.25) is 5.91 Å². The molecule has 4 nitrogen and oxygen atoms in total. The predicted octanol–water partition coefficient (Wildman–Crippen LogP) is 1.78. The van der Waals surface area contributed by atoms with Crippen LogP contribution in [0, 0.1) is 11.8 Å². The maximum absolute atomic E-state index is 10.9. The predicted molar refractivity (Wildman–Crippen MR) is 73.2 cm³/mol. The third kappa shape index (κ3) is 5.26. The van der Waals surface area contributed by atoms with Crippen LogP contribution in [0.25, 0.3) is 0 Å². The van der Waals surface area contributed by atoms with Gasteiger partial charge >= 0.3 is 0 Å². The average molecular weight is 259 g/mol. The molecule has 0 saturated carbocycles. The number of hydrogen-bond acceptors (Lipinski definition) is 3. The van der Waals surface area contributed by atoms with Gasteiger partial charge in [-0.2, -0.15) is 0 Å². The molecule has 0 aliphatic heterocycles. The summed E-state index contributed by atoms with van der Waals surface area (Å²) in [6, 6.07) is 5.25. The van der Waals surface area contributed by atoms with E-state index in [-0.39, 0.29) is 5.91 Å². The molecule has 100 valence electrons. The van der Waals surface area contributed by atoms with E-state index in [1.807, 2.05) is 13.0 Å². The van der Waals surface area contributed by atoms with Crippen LogP contribution in [0.4, 0.5) is 0 Å². The van der Waals surface area contributed by atoms with E-state index in [0.29, 0.717) is 30.9 Å². The third-order valence-corrected chi connectivity index (χ3v) is 2.29. The van der Waals surface area contributed by atoms with E-state index < -0.39 is 0 Å². The topological polar surface area (TPSA) is 55.4 Å². The Hall–Kier alpha value is -2.28. The zero-order chi connectivity index (χ0) is 14.1. The SMILES string of the molecule is CCOc1ccc(C#CCCNC(C)=O)cc1C=O. The summed E-state index contributed by atoms with van der Waals surface area (Å²) in [6.45, 7) is 4.38. The summed E-state index contributed by atoms with van der Waals surface area (Å²) >= 11 is 0. The number of carbonyl (C=O) groups is 2. The first kappa shape index (κ1) is 14.8. The van der Waals surface area contributed by atoms with Crippen LogP contribution < -0.4 is 10.1 Å². The zero-order valence-electron chi connectivity index (χ0n) is 11.2. The lowest BCUT2D eigenvalue weighted by Crippen LogP contribution is -2.20. The van der Waals surface area contributed by atoms with E-state index >= 15 is 0 Å². The number of ether oxygens (including phenoxy) is 1. The zero-order valence-corrected chi connectivity index (χ0v) is 11.2. The van der Waals surface area contributed by atoms with Crippen LogP contribution >= 0.6 is 0 Å². The monoisotopic (exact) mass is 259 g/mol. The van der Waals surface area contributed by atoms with Crippen LogP contribution in [0.3, 0.4) is 0 Å². The smallest absolute Gasteiger partial charge is 0.216 e. The van der Waals surface area contributed by atoms with Gasteiger partial charge in [-0.1, -0.05) is 11.8 Å². The van der Waals surface area contributed by atoms with Crippen molar-refractivity contribution in [1.29, 1.82) is 0 Å². The second-order valence-corrected chi connectivity index (χ2v) is 3.84. The van der Waals surface area contributed by atoms with Crippen molar-refractivity contribution in [2.24, 2.45) is 0 Å². The van der Waals surface area contributed by atoms with Crippen molar-refractivity contribution in [3.05, 3.63) is 29.3 Å². The van der Waals surface area contributed by atoms with Crippen LogP contribution in [0.1, 0.15) is 36.2 Å². The standard InChI is InChI=1S/C15H17NO3/c1-3-19-15-8-7-13(10-14(15)11-17)6-4-5-9-16-12(2)18/h7-8,10-11H,3,5,9H2,1-2H3,(H,16,18). The fourth-order valence-electron chi connectivity index (χ4n) is 1.47. The van der Waals surface area contributed by atoms with Gasteiger partial charge in [0.05, 0.1) is 12.2 Å². The van der Waals surface area contributed by atoms with E-state index in [1.165, 1.54) is 6.92 Å². The highest BCUT2D eigenvalue weighted by molar-refractivity contribution is 5.80. The van der Waals surface area contributed by atoms with Crippen molar-refractivity contribution < 1.29 is 14.3 Å². The van der Waals surface area contributed by atoms with Crippen molar-refractivity contribution in [1.82, 2.24) is 5.32 Å². The molecule has 0 aliphatic carbocycles. The van der Waals surface area contributed by atoms with E-state index in [0.717, 1.165) is 11.8 Å². The highest BCUT2D eigenvalue weighted by Crippen LogP contribution is 2.17. The Morgan fingerprint density at radius 1 is 1.47 bits per heavy atom. The quantitative estimate of drug-likeness (QED) is 0.498. The molecule has 0 atom stereocenters. The summed E-state index contributed by atoms with van der Waals surface area (Å²) < 4.78 is 5.33. The molecule has 4 heteroatoms. The number of carbonyl (C=O) groups excluding carboxylic acids is 2. The highest BCUT2D eigenvalue weighted by atomic mass is 16.5. The maximum Gasteiger partial charge on any atom is 0.216 e. The Balaban J connectivity index is 2.67. The molecule has 19 heavy (non-hydrogen) atoms. The van der Waals surface area contributed by atoms with Gasteiger partial charge in [-0.3, -0.25) is 9.59 Å². The lowest BCUT2D eigenvalue weighted by molar-refractivity contribution is -0.118. The molecule has 1 amide bonds. The molecule has 0 bridgehead atoms. The highest BCUT2D eigenvalue weighted by Gasteiger charge is 2.02. The minimum atomic E-state index is -0.0638. The Bertz CT molecular complexity index is 512. The lowest BCUT2D eigenvalue weighted by Gasteiger charge is -2.05. The molecule has 0 spiro atoms. The van der Waals surface area contributed by atoms with Gasteiger partial charge in [0.15, 0.2) is 6.29 Å². The van der Waals surface area contributed by atoms with Crippen molar-refractivity contribution >= 4 is 12.2 Å². The Morgan fingerprint density at radius 3 is 2.89 bits per heavy atom. The first-order valence-corrected chi connectivity index (χ1v) is 6.12. The molecule has 0 aromatic heterocycles. The number of nitrogens with one attached hydrogen (secondary N) is 1. The second kappa shape index (κ2) is 7.93. The van der Waals surface area contributed by atoms with Gasteiger partial charge in [0, 0.05) is 25.5 Å². The Kier molecular flexibility index (Phi) is 6.17. The van der Waals surface area contributed by atoms with Gasteiger partial charge in [-0.05, 0) is 25.1 Å². The van der Waals surface area contributed by atoms with E-state index in [2.05, 4.69) is 17.2 Å². The fourth-order valence-corrected chi connectivity index (χ4v) is 1.47. The van der Waals surface area contributed by atoms with Crippen LogP contribution in [0.2, 0.25) is 0 Å². The van der Waals surface area contributed by atoms with Gasteiger partial charge in [0.1, 0.15) is 5.75 Å². The van der Waals surface area contributed by atoms with E-state index in [1.54, 1.807) is 12.1 Å². The van der Waals surface area contributed by atoms with Crippen molar-refractivity contribution in [2.45, 2.75) is 20.3 Å². The van der Waals surface area contributed by atoms with Gasteiger partial charge in [-0.25, -0.2) is 0 Å². The number of hydrogen-bond donors (Lipinski definition) is 1. The first-order chi connectivity index (χ1) is 9.17. The van der Waals surface area contributed by atoms with E-state index in [4.69, 9.17) is 4.74 Å². The summed E-state index contributed by atoms with van der Waals surface area (Å²) in [5.41, 5.74) is 1.25. The number of aldehydes is 1. The van der Waals surface area contributed by atoms with Crippen LogP contribution in [0.5, 0.6) is 5.75 Å². The van der Waals surface area contributed by atoms with Gasteiger partial charge in [-0.15, -0.1) is 0 Å². The molecule has 0 aliphatic rings. The van der Waals surface area contributed by atoms with Crippen molar-refractivity contribution in [2.75, 3.05) is 13.2 Å². The summed E-state index contributed by atoms with van der Waals surface area (Å²) in [4.78, 5) is 21.6. The van der Waals surface area contributed by atoms with Gasteiger partial charge < -0.3 is 10.1 Å². The van der Waals surface area contributed by atoms with Crippen molar-refractivity contribution in [3.63, 3.8) is 0 Å². The summed E-state index contributed by atoms with van der Waals surface area (Å²) in [5.74, 6) is 6.39. The average Bonchev–Trinajstić information content (AvgIpc) is 2.39. The van der Waals surface area contributed by atoms with Crippen molar-refractivity contribution in [3.8, 4) is 17.6 Å². The molecule has 1 rings (SSSR count). The van der Waals surface area contributed by atoms with E-state index in [9.17, 15) is 9.59 Å². The van der Waals surface area contributed by atoms with Gasteiger partial charge in [0.25, 0.3) is 0 Å². The summed E-state index contributed by atoms with van der Waals surface area (Å²) in [7, 11) is 0. The Morgan fingerprint density at radius 2 is 2.26 bits per heavy atom. The maximum atomic E-state index is 10.9. The second-order valence-electron chi connectivity index (χ2n) is 3.84. The molecule has 1 aromatic carbocycles. The minimum Gasteiger partial charge on any atom is -0.493 e. The number of benzene rings is 1. The third-order valence-electron chi connectivity index (χ3n) is 2.29. The normalized spacial score (nSPS) is 9.16. The fraction of sp³-hybridized carbons (Fsp3) is 0.333. The number of rotatable bonds is 5. The molecule has 0 radical (unpaired) electrons. The minimum absolute atomic E-state index is 0.0638. The lowest BCUT2D eigenvalue weighted by atomic mass is 10.1. The molecule has 1 aromatic rings. The molecular weight excluding hydrogens is 242 g/mol. The Labute approximate surface area is 113 Å². The first-order valence-electron chi connectivity index (χ1n) is 6.12. The molecule has 0 heterocycles. The largest absolute Gasteiger partial charge is 0.493 e. The number of amides is 1. The molecule has 0 saturated heterocycles. The van der Waals surface area contributed by atoms with Crippen LogP contribution in [0.15, 0.2) is 18.2 Å². The summed E-state index contributed by atoms with van der Waals surface area (Å²) in [6.07, 6.45) is 1.33. The van der Waals surface area contributed by atoms with Crippen LogP contribution in [-0.4, -0.2) is 25.3 Å². The molecule has 0 unspecified atom stereocenters.